The maximum absolute atomic E-state index is 11.4. The van der Waals surface area contributed by atoms with Gasteiger partial charge >= 0.3 is 5.97 Å². The molecule has 0 aliphatic heterocycles. The Kier molecular flexibility index (Phi) is 5.57. The van der Waals surface area contributed by atoms with Crippen LogP contribution in [-0.2, 0) is 9.53 Å². The van der Waals surface area contributed by atoms with Gasteiger partial charge < -0.3 is 9.84 Å². The monoisotopic (exact) mass is 222 g/mol. The highest BCUT2D eigenvalue weighted by Gasteiger charge is 2.10. The molecule has 3 nitrogen and oxygen atoms in total. The maximum atomic E-state index is 11.4. The molecule has 88 valence electrons. The topological polar surface area (TPSA) is 46.5 Å². The zero-order valence-corrected chi connectivity index (χ0v) is 9.56. The minimum absolute atomic E-state index is 0.127. The Morgan fingerprint density at radius 1 is 1.31 bits per heavy atom. The van der Waals surface area contributed by atoms with E-state index in [0.717, 1.165) is 5.56 Å². The summed E-state index contributed by atoms with van der Waals surface area (Å²) in [6.07, 6.45) is 1.49. The molecule has 0 aliphatic rings. The van der Waals surface area contributed by atoms with Crippen LogP contribution in [0.4, 0.5) is 0 Å². The summed E-state index contributed by atoms with van der Waals surface area (Å²) in [5.74, 6) is -0.204. The van der Waals surface area contributed by atoms with E-state index in [-0.39, 0.29) is 18.7 Å². The smallest absolute Gasteiger partial charge is 0.306 e. The lowest BCUT2D eigenvalue weighted by Crippen LogP contribution is -2.08. The van der Waals surface area contributed by atoms with E-state index in [1.165, 1.54) is 0 Å². The van der Waals surface area contributed by atoms with Gasteiger partial charge in [-0.15, -0.1) is 0 Å². The zero-order chi connectivity index (χ0) is 11.8. The molecule has 1 aromatic rings. The number of esters is 1. The third-order valence-corrected chi connectivity index (χ3v) is 2.37. The normalized spacial score (nSPS) is 12.1. The lowest BCUT2D eigenvalue weighted by atomic mass is 10.1. The highest BCUT2D eigenvalue weighted by Crippen LogP contribution is 2.16. The highest BCUT2D eigenvalue weighted by atomic mass is 16.5. The van der Waals surface area contributed by atoms with E-state index in [1.807, 2.05) is 37.3 Å². The van der Waals surface area contributed by atoms with E-state index < -0.39 is 0 Å². The Morgan fingerprint density at radius 2 is 2.00 bits per heavy atom. The summed E-state index contributed by atoms with van der Waals surface area (Å²) in [4.78, 5) is 11.4. The Bertz CT molecular complexity index is 308. The van der Waals surface area contributed by atoms with Gasteiger partial charge in [0.15, 0.2) is 0 Å². The van der Waals surface area contributed by atoms with Gasteiger partial charge in [0.05, 0.1) is 0 Å². The summed E-state index contributed by atoms with van der Waals surface area (Å²) in [5.41, 5.74) is 0.998. The zero-order valence-electron chi connectivity index (χ0n) is 9.56. The molecule has 1 aromatic carbocycles. The number of hydrogen-bond acceptors (Lipinski definition) is 3. The van der Waals surface area contributed by atoms with Crippen LogP contribution in [0.5, 0.6) is 0 Å². The molecule has 0 radical (unpaired) electrons. The third-order valence-electron chi connectivity index (χ3n) is 2.37. The number of unbranched alkanes of at least 4 members (excludes halogenated alkanes) is 1. The molecule has 0 heterocycles. The molecule has 16 heavy (non-hydrogen) atoms. The molecule has 1 rings (SSSR count). The summed E-state index contributed by atoms with van der Waals surface area (Å²) >= 11 is 0. The Balaban J connectivity index is 2.34. The lowest BCUT2D eigenvalue weighted by molar-refractivity contribution is -0.148. The molecule has 0 unspecified atom stereocenters. The number of rotatable bonds is 6. The predicted molar refractivity (Wildman–Crippen MR) is 61.9 cm³/mol. The largest absolute Gasteiger partial charge is 0.458 e. The van der Waals surface area contributed by atoms with Crippen molar-refractivity contribution >= 4 is 5.97 Å². The van der Waals surface area contributed by atoms with Gasteiger partial charge in [-0.3, -0.25) is 4.79 Å². The molecule has 3 heteroatoms. The molecule has 1 N–H and O–H groups in total. The Labute approximate surface area is 96.1 Å². The molecular formula is C13H18O3. The van der Waals surface area contributed by atoms with Gasteiger partial charge in [-0.25, -0.2) is 0 Å². The van der Waals surface area contributed by atoms with Crippen LogP contribution in [0.25, 0.3) is 0 Å². The van der Waals surface area contributed by atoms with Crippen LogP contribution in [0.2, 0.25) is 0 Å². The minimum Gasteiger partial charge on any atom is -0.458 e. The second-order valence-electron chi connectivity index (χ2n) is 3.72. The number of benzene rings is 1. The molecule has 0 aromatic heterocycles. The van der Waals surface area contributed by atoms with E-state index in [4.69, 9.17) is 9.84 Å². The van der Waals surface area contributed by atoms with Gasteiger partial charge in [0.25, 0.3) is 0 Å². The Hall–Kier alpha value is -1.35. The third kappa shape index (κ3) is 4.45. The van der Waals surface area contributed by atoms with Crippen LogP contribution in [0.3, 0.4) is 0 Å². The number of hydrogen-bond donors (Lipinski definition) is 1. The van der Waals surface area contributed by atoms with Crippen LogP contribution in [0, 0.1) is 0 Å². The van der Waals surface area contributed by atoms with Crippen molar-refractivity contribution < 1.29 is 14.6 Å². The summed E-state index contributed by atoms with van der Waals surface area (Å²) in [6, 6.07) is 9.65. The summed E-state index contributed by atoms with van der Waals surface area (Å²) in [5, 5.41) is 8.59. The first-order chi connectivity index (χ1) is 7.74. The van der Waals surface area contributed by atoms with Crippen LogP contribution in [-0.4, -0.2) is 17.7 Å². The molecule has 0 saturated heterocycles. The summed E-state index contributed by atoms with van der Waals surface area (Å²) in [7, 11) is 0. The van der Waals surface area contributed by atoms with Gasteiger partial charge in [0.2, 0.25) is 0 Å². The van der Waals surface area contributed by atoms with Crippen LogP contribution < -0.4 is 0 Å². The molecule has 0 amide bonds. The SMILES string of the molecule is C[C@@H](OC(=O)CCCCO)c1ccccc1. The van der Waals surface area contributed by atoms with Crippen molar-refractivity contribution in [1.29, 1.82) is 0 Å². The standard InChI is InChI=1S/C13H18O3/c1-11(12-7-3-2-4-8-12)16-13(15)9-5-6-10-14/h2-4,7-8,11,14H,5-6,9-10H2,1H3/t11-/m1/s1. The van der Waals surface area contributed by atoms with E-state index in [0.29, 0.717) is 19.3 Å². The van der Waals surface area contributed by atoms with Crippen molar-refractivity contribution in [3.8, 4) is 0 Å². The van der Waals surface area contributed by atoms with Crippen molar-refractivity contribution in [3.05, 3.63) is 35.9 Å². The second kappa shape index (κ2) is 7.01. The van der Waals surface area contributed by atoms with Crippen molar-refractivity contribution in [2.75, 3.05) is 6.61 Å². The molecule has 0 saturated carbocycles. The Morgan fingerprint density at radius 3 is 2.62 bits per heavy atom. The first-order valence-corrected chi connectivity index (χ1v) is 5.59. The summed E-state index contributed by atoms with van der Waals surface area (Å²) in [6.45, 7) is 1.99. The predicted octanol–water partition coefficient (Wildman–Crippen LogP) is 2.45. The van der Waals surface area contributed by atoms with E-state index in [1.54, 1.807) is 0 Å². The average Bonchev–Trinajstić information content (AvgIpc) is 2.30. The number of carbonyl (C=O) groups is 1. The number of carbonyl (C=O) groups excluding carboxylic acids is 1. The number of ether oxygens (including phenoxy) is 1. The van der Waals surface area contributed by atoms with Crippen molar-refractivity contribution in [3.63, 3.8) is 0 Å². The number of aliphatic hydroxyl groups excluding tert-OH is 1. The minimum atomic E-state index is -0.206. The molecule has 0 bridgehead atoms. The van der Waals surface area contributed by atoms with Gasteiger partial charge in [-0.05, 0) is 25.3 Å². The fourth-order valence-corrected chi connectivity index (χ4v) is 1.43. The average molecular weight is 222 g/mol. The fraction of sp³-hybridized carbons (Fsp3) is 0.462. The van der Waals surface area contributed by atoms with Crippen molar-refractivity contribution in [2.24, 2.45) is 0 Å². The molecular weight excluding hydrogens is 204 g/mol. The van der Waals surface area contributed by atoms with Crippen molar-refractivity contribution in [2.45, 2.75) is 32.3 Å². The van der Waals surface area contributed by atoms with Gasteiger partial charge in [-0.1, -0.05) is 30.3 Å². The number of aliphatic hydroxyl groups is 1. The lowest BCUT2D eigenvalue weighted by Gasteiger charge is -2.13. The van der Waals surface area contributed by atoms with E-state index in [2.05, 4.69) is 0 Å². The van der Waals surface area contributed by atoms with Crippen molar-refractivity contribution in [1.82, 2.24) is 0 Å². The molecule has 0 aliphatic carbocycles. The quantitative estimate of drug-likeness (QED) is 0.594. The van der Waals surface area contributed by atoms with Gasteiger partial charge in [0.1, 0.15) is 6.10 Å². The van der Waals surface area contributed by atoms with Crippen LogP contribution in [0.15, 0.2) is 30.3 Å². The van der Waals surface area contributed by atoms with E-state index in [9.17, 15) is 4.79 Å². The van der Waals surface area contributed by atoms with Gasteiger partial charge in [0, 0.05) is 13.0 Å². The molecule has 0 fully saturated rings. The van der Waals surface area contributed by atoms with E-state index >= 15 is 0 Å². The van der Waals surface area contributed by atoms with Gasteiger partial charge in [-0.2, -0.15) is 0 Å². The van der Waals surface area contributed by atoms with Crippen LogP contribution in [0.1, 0.15) is 37.9 Å². The summed E-state index contributed by atoms with van der Waals surface area (Å²) < 4.78 is 5.26. The maximum Gasteiger partial charge on any atom is 0.306 e. The first kappa shape index (κ1) is 12.7. The fourth-order valence-electron chi connectivity index (χ4n) is 1.43. The molecule has 0 spiro atoms. The second-order valence-corrected chi connectivity index (χ2v) is 3.72. The van der Waals surface area contributed by atoms with Crippen LogP contribution >= 0.6 is 0 Å². The molecule has 1 atom stereocenters. The first-order valence-electron chi connectivity index (χ1n) is 5.59. The highest BCUT2D eigenvalue weighted by molar-refractivity contribution is 5.69.